The fourth-order valence-corrected chi connectivity index (χ4v) is 2.01. The van der Waals surface area contributed by atoms with Gasteiger partial charge in [-0.3, -0.25) is 4.79 Å². The van der Waals surface area contributed by atoms with Gasteiger partial charge in [0, 0.05) is 23.5 Å². The van der Waals surface area contributed by atoms with E-state index in [9.17, 15) is 4.79 Å². The Morgan fingerprint density at radius 3 is 2.47 bits per heavy atom. The second-order valence-corrected chi connectivity index (χ2v) is 5.04. The third-order valence-corrected chi connectivity index (χ3v) is 3.47. The van der Waals surface area contributed by atoms with E-state index in [0.29, 0.717) is 18.0 Å². The zero-order valence-electron chi connectivity index (χ0n) is 11.1. The molecule has 0 saturated carbocycles. The van der Waals surface area contributed by atoms with Crippen LogP contribution in [-0.4, -0.2) is 10.5 Å². The minimum absolute atomic E-state index is 0.0150. The predicted molar refractivity (Wildman–Crippen MR) is 77.2 cm³/mol. The standard InChI is InChI=1S/C15H17ClN2O/c1-11-3-8-14(18(11)2)10-17-15(19)9-12-4-6-13(16)7-5-12/h3-8H,9-10H2,1-2H3,(H,17,19). The summed E-state index contributed by atoms with van der Waals surface area (Å²) in [7, 11) is 2.00. The first-order chi connectivity index (χ1) is 9.06. The molecule has 0 aliphatic rings. The molecule has 0 fully saturated rings. The van der Waals surface area contributed by atoms with Crippen molar-refractivity contribution in [2.45, 2.75) is 19.9 Å². The van der Waals surface area contributed by atoms with Gasteiger partial charge in [-0.1, -0.05) is 23.7 Å². The number of nitrogens with one attached hydrogen (secondary N) is 1. The van der Waals surface area contributed by atoms with E-state index in [2.05, 4.69) is 9.88 Å². The predicted octanol–water partition coefficient (Wildman–Crippen LogP) is 2.85. The average molecular weight is 277 g/mol. The van der Waals surface area contributed by atoms with Crippen molar-refractivity contribution in [3.05, 3.63) is 58.4 Å². The maximum atomic E-state index is 11.8. The number of halogens is 1. The van der Waals surface area contributed by atoms with Gasteiger partial charge in [-0.25, -0.2) is 0 Å². The van der Waals surface area contributed by atoms with Crippen molar-refractivity contribution in [3.63, 3.8) is 0 Å². The second kappa shape index (κ2) is 5.93. The zero-order valence-corrected chi connectivity index (χ0v) is 11.9. The minimum Gasteiger partial charge on any atom is -0.350 e. The van der Waals surface area contributed by atoms with Crippen molar-refractivity contribution in [2.24, 2.45) is 7.05 Å². The first-order valence-electron chi connectivity index (χ1n) is 6.18. The topological polar surface area (TPSA) is 34.0 Å². The van der Waals surface area contributed by atoms with Crippen molar-refractivity contribution in [1.82, 2.24) is 9.88 Å². The first kappa shape index (κ1) is 13.7. The summed E-state index contributed by atoms with van der Waals surface area (Å²) in [5.74, 6) is 0.0150. The number of hydrogen-bond acceptors (Lipinski definition) is 1. The van der Waals surface area contributed by atoms with Gasteiger partial charge in [0.1, 0.15) is 0 Å². The highest BCUT2D eigenvalue weighted by atomic mass is 35.5. The molecule has 100 valence electrons. The molecule has 1 N–H and O–H groups in total. The second-order valence-electron chi connectivity index (χ2n) is 4.61. The van der Waals surface area contributed by atoms with Crippen molar-refractivity contribution < 1.29 is 4.79 Å². The smallest absolute Gasteiger partial charge is 0.224 e. The van der Waals surface area contributed by atoms with Gasteiger partial charge in [-0.05, 0) is 36.8 Å². The molecule has 0 unspecified atom stereocenters. The van der Waals surface area contributed by atoms with Gasteiger partial charge in [-0.2, -0.15) is 0 Å². The van der Waals surface area contributed by atoms with Gasteiger partial charge in [0.05, 0.1) is 13.0 Å². The van der Waals surface area contributed by atoms with Crippen LogP contribution in [0.15, 0.2) is 36.4 Å². The SMILES string of the molecule is Cc1ccc(CNC(=O)Cc2ccc(Cl)cc2)n1C. The molecule has 3 nitrogen and oxygen atoms in total. The Hall–Kier alpha value is -1.74. The van der Waals surface area contributed by atoms with E-state index in [1.165, 1.54) is 5.69 Å². The van der Waals surface area contributed by atoms with Crippen LogP contribution in [0.25, 0.3) is 0 Å². The van der Waals surface area contributed by atoms with Crippen molar-refractivity contribution in [1.29, 1.82) is 0 Å². The zero-order chi connectivity index (χ0) is 13.8. The van der Waals surface area contributed by atoms with E-state index in [-0.39, 0.29) is 5.91 Å². The van der Waals surface area contributed by atoms with Crippen LogP contribution in [0.4, 0.5) is 0 Å². The van der Waals surface area contributed by atoms with Gasteiger partial charge in [-0.15, -0.1) is 0 Å². The summed E-state index contributed by atoms with van der Waals surface area (Å²) in [5.41, 5.74) is 3.24. The molecule has 19 heavy (non-hydrogen) atoms. The van der Waals surface area contributed by atoms with Gasteiger partial charge < -0.3 is 9.88 Å². The lowest BCUT2D eigenvalue weighted by Crippen LogP contribution is -2.25. The Bertz CT molecular complexity index is 572. The summed E-state index contributed by atoms with van der Waals surface area (Å²) in [6.07, 6.45) is 0.376. The number of hydrogen-bond donors (Lipinski definition) is 1. The highest BCUT2D eigenvalue weighted by molar-refractivity contribution is 6.30. The Morgan fingerprint density at radius 2 is 1.89 bits per heavy atom. The molecule has 4 heteroatoms. The normalized spacial score (nSPS) is 10.5. The largest absolute Gasteiger partial charge is 0.350 e. The fourth-order valence-electron chi connectivity index (χ4n) is 1.88. The molecule has 0 spiro atoms. The van der Waals surface area contributed by atoms with Crippen LogP contribution in [-0.2, 0) is 24.8 Å². The third kappa shape index (κ3) is 3.61. The summed E-state index contributed by atoms with van der Waals surface area (Å²) in [6, 6.07) is 11.4. The van der Waals surface area contributed by atoms with Crippen LogP contribution in [0.3, 0.4) is 0 Å². The van der Waals surface area contributed by atoms with Gasteiger partial charge >= 0.3 is 0 Å². The van der Waals surface area contributed by atoms with Gasteiger partial charge in [0.2, 0.25) is 5.91 Å². The third-order valence-electron chi connectivity index (χ3n) is 3.22. The van der Waals surface area contributed by atoms with Crippen molar-refractivity contribution in [2.75, 3.05) is 0 Å². The van der Waals surface area contributed by atoms with Crippen LogP contribution in [0.1, 0.15) is 17.0 Å². The van der Waals surface area contributed by atoms with Crippen LogP contribution >= 0.6 is 11.6 Å². The molecule has 0 aliphatic carbocycles. The summed E-state index contributed by atoms with van der Waals surface area (Å²) in [4.78, 5) is 11.8. The van der Waals surface area contributed by atoms with E-state index >= 15 is 0 Å². The Morgan fingerprint density at radius 1 is 1.21 bits per heavy atom. The molecule has 1 heterocycles. The van der Waals surface area contributed by atoms with Crippen molar-refractivity contribution >= 4 is 17.5 Å². The minimum atomic E-state index is 0.0150. The quantitative estimate of drug-likeness (QED) is 0.915. The molecule has 2 rings (SSSR count). The first-order valence-corrected chi connectivity index (χ1v) is 6.56. The van der Waals surface area contributed by atoms with E-state index in [0.717, 1.165) is 11.3 Å². The lowest BCUT2D eigenvalue weighted by molar-refractivity contribution is -0.120. The van der Waals surface area contributed by atoms with E-state index in [1.807, 2.05) is 38.2 Å². The number of amides is 1. The van der Waals surface area contributed by atoms with E-state index in [1.54, 1.807) is 12.1 Å². The summed E-state index contributed by atoms with van der Waals surface area (Å²) in [5, 5.41) is 3.61. The summed E-state index contributed by atoms with van der Waals surface area (Å²) < 4.78 is 2.07. The molecule has 0 aliphatic heterocycles. The van der Waals surface area contributed by atoms with Crippen LogP contribution in [0, 0.1) is 6.92 Å². The van der Waals surface area contributed by atoms with Crippen LogP contribution in [0.2, 0.25) is 5.02 Å². The Kier molecular flexibility index (Phi) is 4.27. The maximum absolute atomic E-state index is 11.8. The number of aromatic nitrogens is 1. The molecule has 0 bridgehead atoms. The Labute approximate surface area is 118 Å². The molecular formula is C15H17ClN2O. The molecule has 1 aromatic carbocycles. The van der Waals surface area contributed by atoms with Crippen LogP contribution < -0.4 is 5.32 Å². The number of carbonyl (C=O) groups is 1. The highest BCUT2D eigenvalue weighted by Gasteiger charge is 2.05. The number of aryl methyl sites for hydroxylation is 1. The molecule has 1 amide bonds. The lowest BCUT2D eigenvalue weighted by atomic mass is 10.1. The average Bonchev–Trinajstić information content (AvgIpc) is 2.70. The summed E-state index contributed by atoms with van der Waals surface area (Å²) >= 11 is 5.81. The molecule has 2 aromatic rings. The molecule has 0 atom stereocenters. The molecule has 0 radical (unpaired) electrons. The lowest BCUT2D eigenvalue weighted by Gasteiger charge is -2.07. The highest BCUT2D eigenvalue weighted by Crippen LogP contribution is 2.10. The van der Waals surface area contributed by atoms with Crippen LogP contribution in [0.5, 0.6) is 0 Å². The number of benzene rings is 1. The number of rotatable bonds is 4. The monoisotopic (exact) mass is 276 g/mol. The fraction of sp³-hybridized carbons (Fsp3) is 0.267. The van der Waals surface area contributed by atoms with Crippen molar-refractivity contribution in [3.8, 4) is 0 Å². The number of nitrogens with zero attached hydrogens (tertiary/aromatic N) is 1. The molecule has 1 aromatic heterocycles. The summed E-state index contributed by atoms with van der Waals surface area (Å²) in [6.45, 7) is 2.59. The number of carbonyl (C=O) groups excluding carboxylic acids is 1. The molecular weight excluding hydrogens is 260 g/mol. The van der Waals surface area contributed by atoms with Gasteiger partial charge in [0.15, 0.2) is 0 Å². The van der Waals surface area contributed by atoms with E-state index < -0.39 is 0 Å². The van der Waals surface area contributed by atoms with Gasteiger partial charge in [0.25, 0.3) is 0 Å². The molecule has 0 saturated heterocycles. The maximum Gasteiger partial charge on any atom is 0.224 e. The Balaban J connectivity index is 1.88. The van der Waals surface area contributed by atoms with E-state index in [4.69, 9.17) is 11.6 Å².